The molecule has 1 unspecified atom stereocenters. The van der Waals surface area contributed by atoms with Gasteiger partial charge in [0.15, 0.2) is 0 Å². The van der Waals surface area contributed by atoms with Crippen LogP contribution in [-0.4, -0.2) is 45.8 Å². The molecule has 0 amide bonds. The lowest BCUT2D eigenvalue weighted by Crippen LogP contribution is -2.38. The Balaban J connectivity index is 1.40. The third-order valence-corrected chi connectivity index (χ3v) is 5.76. The summed E-state index contributed by atoms with van der Waals surface area (Å²) in [6, 6.07) is 0. The summed E-state index contributed by atoms with van der Waals surface area (Å²) in [5.41, 5.74) is 0. The molecule has 1 atom stereocenters. The van der Waals surface area contributed by atoms with Gasteiger partial charge in [-0.1, -0.05) is 19.3 Å². The van der Waals surface area contributed by atoms with Crippen LogP contribution in [0.15, 0.2) is 0 Å². The van der Waals surface area contributed by atoms with E-state index in [-0.39, 0.29) is 0 Å². The highest BCUT2D eigenvalue weighted by Gasteiger charge is 2.27. The van der Waals surface area contributed by atoms with Crippen molar-refractivity contribution in [2.45, 2.75) is 64.0 Å². The molecule has 1 saturated heterocycles. The fraction of sp³-hybridized carbons (Fsp3) is 0.882. The topological polar surface area (TPSA) is 46.0 Å². The van der Waals surface area contributed by atoms with Crippen LogP contribution < -0.4 is 5.32 Å². The summed E-state index contributed by atoms with van der Waals surface area (Å²) in [7, 11) is 0. The molecule has 4 rings (SSSR count). The fourth-order valence-electron chi connectivity index (χ4n) is 4.50. The molecule has 5 heteroatoms. The van der Waals surface area contributed by atoms with E-state index in [0.717, 1.165) is 32.1 Å². The monoisotopic (exact) mass is 303 g/mol. The standard InChI is InChI=1S/C17H29N5/c1-2-5-14(6-3-1)12-21-9-10-22-16(13-21)19-20-17(22)15-7-4-8-18-11-15/h14-15,18H,1-13H2. The first-order valence-electron chi connectivity index (χ1n) is 9.25. The van der Waals surface area contributed by atoms with Gasteiger partial charge in [0.2, 0.25) is 0 Å². The van der Waals surface area contributed by atoms with Crippen molar-refractivity contribution in [2.75, 3.05) is 26.2 Å². The summed E-state index contributed by atoms with van der Waals surface area (Å²) in [6.45, 7) is 6.77. The van der Waals surface area contributed by atoms with Gasteiger partial charge in [-0.05, 0) is 38.1 Å². The highest BCUT2D eigenvalue weighted by molar-refractivity contribution is 5.06. The van der Waals surface area contributed by atoms with Gasteiger partial charge in [-0.15, -0.1) is 10.2 Å². The van der Waals surface area contributed by atoms with Gasteiger partial charge in [-0.25, -0.2) is 0 Å². The van der Waals surface area contributed by atoms with E-state index >= 15 is 0 Å². The Bertz CT molecular complexity index is 485. The molecule has 0 radical (unpaired) electrons. The largest absolute Gasteiger partial charge is 0.316 e. The smallest absolute Gasteiger partial charge is 0.147 e. The van der Waals surface area contributed by atoms with E-state index < -0.39 is 0 Å². The number of hydrogen-bond acceptors (Lipinski definition) is 4. The molecule has 1 aromatic rings. The summed E-state index contributed by atoms with van der Waals surface area (Å²) in [5.74, 6) is 3.92. The molecular formula is C17H29N5. The molecule has 1 N–H and O–H groups in total. The zero-order chi connectivity index (χ0) is 14.8. The number of piperidine rings is 1. The zero-order valence-corrected chi connectivity index (χ0v) is 13.6. The Hall–Kier alpha value is -0.940. The van der Waals surface area contributed by atoms with Gasteiger partial charge in [0.25, 0.3) is 0 Å². The van der Waals surface area contributed by atoms with Crippen molar-refractivity contribution >= 4 is 0 Å². The molecule has 0 bridgehead atoms. The molecule has 1 aliphatic carbocycles. The van der Waals surface area contributed by atoms with Crippen LogP contribution in [-0.2, 0) is 13.1 Å². The van der Waals surface area contributed by atoms with Crippen molar-refractivity contribution in [3.63, 3.8) is 0 Å². The molecule has 1 aromatic heterocycles. The van der Waals surface area contributed by atoms with Gasteiger partial charge < -0.3 is 9.88 Å². The molecule has 3 heterocycles. The van der Waals surface area contributed by atoms with Gasteiger partial charge in [-0.3, -0.25) is 4.90 Å². The predicted molar refractivity (Wildman–Crippen MR) is 86.7 cm³/mol. The van der Waals surface area contributed by atoms with E-state index in [4.69, 9.17) is 0 Å². The molecular weight excluding hydrogens is 274 g/mol. The zero-order valence-electron chi connectivity index (χ0n) is 13.6. The second-order valence-corrected chi connectivity index (χ2v) is 7.41. The van der Waals surface area contributed by atoms with Crippen molar-refractivity contribution in [1.29, 1.82) is 0 Å². The maximum atomic E-state index is 4.55. The molecule has 2 fully saturated rings. The van der Waals surface area contributed by atoms with E-state index in [1.165, 1.54) is 69.7 Å². The molecule has 22 heavy (non-hydrogen) atoms. The van der Waals surface area contributed by atoms with E-state index in [0.29, 0.717) is 5.92 Å². The average molecular weight is 303 g/mol. The van der Waals surface area contributed by atoms with Crippen molar-refractivity contribution in [1.82, 2.24) is 25.0 Å². The number of nitrogens with zero attached hydrogens (tertiary/aromatic N) is 4. The molecule has 0 aromatic carbocycles. The van der Waals surface area contributed by atoms with E-state index in [1.54, 1.807) is 0 Å². The van der Waals surface area contributed by atoms with Gasteiger partial charge in [0.05, 0.1) is 6.54 Å². The van der Waals surface area contributed by atoms with Crippen LogP contribution in [0.2, 0.25) is 0 Å². The normalized spacial score (nSPS) is 27.7. The number of nitrogens with one attached hydrogen (secondary N) is 1. The van der Waals surface area contributed by atoms with Crippen molar-refractivity contribution < 1.29 is 0 Å². The summed E-state index contributed by atoms with van der Waals surface area (Å²) >= 11 is 0. The maximum Gasteiger partial charge on any atom is 0.147 e. The van der Waals surface area contributed by atoms with Crippen LogP contribution in [0.25, 0.3) is 0 Å². The molecule has 5 nitrogen and oxygen atoms in total. The van der Waals surface area contributed by atoms with Crippen molar-refractivity contribution in [2.24, 2.45) is 5.92 Å². The lowest BCUT2D eigenvalue weighted by Gasteiger charge is -2.33. The summed E-state index contributed by atoms with van der Waals surface area (Å²) in [5, 5.41) is 12.6. The van der Waals surface area contributed by atoms with E-state index in [9.17, 15) is 0 Å². The Labute approximate surface area is 133 Å². The van der Waals surface area contributed by atoms with Crippen LogP contribution >= 0.6 is 0 Å². The average Bonchev–Trinajstić information content (AvgIpc) is 3.00. The summed E-state index contributed by atoms with van der Waals surface area (Å²) < 4.78 is 2.41. The first kappa shape index (κ1) is 14.6. The quantitative estimate of drug-likeness (QED) is 0.929. The second-order valence-electron chi connectivity index (χ2n) is 7.41. The van der Waals surface area contributed by atoms with Crippen LogP contribution in [0.5, 0.6) is 0 Å². The summed E-state index contributed by atoms with van der Waals surface area (Å²) in [4.78, 5) is 2.61. The van der Waals surface area contributed by atoms with Crippen LogP contribution in [0.1, 0.15) is 62.5 Å². The van der Waals surface area contributed by atoms with E-state index in [2.05, 4.69) is 25.0 Å². The third-order valence-electron chi connectivity index (χ3n) is 5.76. The van der Waals surface area contributed by atoms with Crippen molar-refractivity contribution in [3.8, 4) is 0 Å². The minimum Gasteiger partial charge on any atom is -0.316 e. The first-order valence-corrected chi connectivity index (χ1v) is 9.25. The van der Waals surface area contributed by atoms with Gasteiger partial charge >= 0.3 is 0 Å². The number of fused-ring (bicyclic) bond motifs is 1. The van der Waals surface area contributed by atoms with Crippen LogP contribution in [0, 0.1) is 5.92 Å². The first-order chi connectivity index (χ1) is 10.9. The second kappa shape index (κ2) is 6.67. The van der Waals surface area contributed by atoms with Gasteiger partial charge in [-0.2, -0.15) is 0 Å². The Kier molecular flexibility index (Phi) is 4.44. The van der Waals surface area contributed by atoms with Gasteiger partial charge in [0, 0.05) is 32.1 Å². The minimum absolute atomic E-state index is 0.569. The highest BCUT2D eigenvalue weighted by atomic mass is 15.3. The number of hydrogen-bond donors (Lipinski definition) is 1. The van der Waals surface area contributed by atoms with Gasteiger partial charge in [0.1, 0.15) is 11.6 Å². The van der Waals surface area contributed by atoms with E-state index in [1.807, 2.05) is 0 Å². The highest BCUT2D eigenvalue weighted by Crippen LogP contribution is 2.27. The molecule has 2 aliphatic heterocycles. The van der Waals surface area contributed by atoms with Crippen LogP contribution in [0.4, 0.5) is 0 Å². The SMILES string of the molecule is C1CCC(CN2CCn3c(nnc3C3CCCNC3)C2)CC1. The molecule has 0 spiro atoms. The number of rotatable bonds is 3. The number of aromatic nitrogens is 3. The summed E-state index contributed by atoms with van der Waals surface area (Å²) in [6.07, 6.45) is 9.71. The minimum atomic E-state index is 0.569. The lowest BCUT2D eigenvalue weighted by molar-refractivity contribution is 0.163. The lowest BCUT2D eigenvalue weighted by atomic mass is 9.89. The Morgan fingerprint density at radius 3 is 2.73 bits per heavy atom. The maximum absolute atomic E-state index is 4.55. The molecule has 122 valence electrons. The molecule has 3 aliphatic rings. The molecule has 1 saturated carbocycles. The third kappa shape index (κ3) is 3.06. The Morgan fingerprint density at radius 2 is 1.91 bits per heavy atom. The fourth-order valence-corrected chi connectivity index (χ4v) is 4.50. The van der Waals surface area contributed by atoms with Crippen LogP contribution in [0.3, 0.4) is 0 Å². The Morgan fingerprint density at radius 1 is 1.00 bits per heavy atom. The van der Waals surface area contributed by atoms with Crippen molar-refractivity contribution in [3.05, 3.63) is 11.6 Å². The predicted octanol–water partition coefficient (Wildman–Crippen LogP) is 2.14.